The van der Waals surface area contributed by atoms with Gasteiger partial charge in [-0.25, -0.2) is 13.4 Å². The summed E-state index contributed by atoms with van der Waals surface area (Å²) < 4.78 is 26.9. The minimum Gasteiger partial charge on any atom is -0.372 e. The molecule has 7 nitrogen and oxygen atoms in total. The first-order valence-electron chi connectivity index (χ1n) is 10.8. The average Bonchev–Trinajstić information content (AvgIpc) is 3.34. The molecule has 1 amide bonds. The Hall–Kier alpha value is -2.10. The second-order valence-corrected chi connectivity index (χ2v) is 10.8. The number of pyridine rings is 1. The minimum absolute atomic E-state index is 0.120. The van der Waals surface area contributed by atoms with Gasteiger partial charge in [-0.2, -0.15) is 4.31 Å². The van der Waals surface area contributed by atoms with Crippen LogP contribution in [0.3, 0.4) is 0 Å². The molecule has 9 heteroatoms. The molecule has 0 aliphatic carbocycles. The van der Waals surface area contributed by atoms with Crippen LogP contribution in [0.1, 0.15) is 32.1 Å². The summed E-state index contributed by atoms with van der Waals surface area (Å²) >= 11 is 1.29. The Bertz CT molecular complexity index is 982. The lowest BCUT2D eigenvalue weighted by molar-refractivity contribution is -0.113. The maximum atomic E-state index is 12.7. The predicted octanol–water partition coefficient (Wildman–Crippen LogP) is 3.59. The summed E-state index contributed by atoms with van der Waals surface area (Å²) in [7, 11) is -3.48. The van der Waals surface area contributed by atoms with E-state index in [0.717, 1.165) is 38.0 Å². The molecular formula is C22H28N4O3S2. The third-order valence-corrected chi connectivity index (χ3v) is 8.46. The molecule has 1 aromatic carbocycles. The first-order valence-corrected chi connectivity index (χ1v) is 13.2. The second kappa shape index (κ2) is 10.0. The number of hydrogen-bond acceptors (Lipinski definition) is 6. The van der Waals surface area contributed by atoms with Gasteiger partial charge in [0.2, 0.25) is 15.9 Å². The van der Waals surface area contributed by atoms with Gasteiger partial charge >= 0.3 is 0 Å². The topological polar surface area (TPSA) is 82.6 Å². The van der Waals surface area contributed by atoms with E-state index in [-0.39, 0.29) is 16.6 Å². The van der Waals surface area contributed by atoms with Crippen molar-refractivity contribution in [3.8, 4) is 0 Å². The normalized spacial score (nSPS) is 17.6. The van der Waals surface area contributed by atoms with Crippen molar-refractivity contribution in [2.45, 2.75) is 42.0 Å². The molecule has 4 rings (SSSR count). The third kappa shape index (κ3) is 5.58. The van der Waals surface area contributed by atoms with E-state index in [9.17, 15) is 13.2 Å². The van der Waals surface area contributed by atoms with E-state index in [1.807, 2.05) is 24.3 Å². The van der Waals surface area contributed by atoms with Crippen molar-refractivity contribution in [1.82, 2.24) is 9.29 Å². The third-order valence-electron chi connectivity index (χ3n) is 5.64. The maximum absolute atomic E-state index is 12.7. The molecule has 166 valence electrons. The van der Waals surface area contributed by atoms with E-state index in [1.165, 1.54) is 40.8 Å². The SMILES string of the molecule is O=C(CSc1ccc(S(=O)(=O)N2CCCCC2)cn1)Nc1ccc(N2CCCC2)cc1. The fraction of sp³-hybridized carbons (Fsp3) is 0.455. The van der Waals surface area contributed by atoms with Crippen LogP contribution in [0.2, 0.25) is 0 Å². The van der Waals surface area contributed by atoms with Crippen molar-refractivity contribution in [2.75, 3.05) is 42.1 Å². The molecule has 0 atom stereocenters. The number of nitrogens with one attached hydrogen (secondary N) is 1. The molecule has 31 heavy (non-hydrogen) atoms. The van der Waals surface area contributed by atoms with Crippen molar-refractivity contribution in [2.24, 2.45) is 0 Å². The number of carbonyl (C=O) groups excluding carboxylic acids is 1. The number of nitrogens with zero attached hydrogens (tertiary/aromatic N) is 3. The van der Waals surface area contributed by atoms with Gasteiger partial charge in [-0.15, -0.1) is 0 Å². The Morgan fingerprint density at radius 3 is 2.26 bits per heavy atom. The van der Waals surface area contributed by atoms with Crippen LogP contribution < -0.4 is 10.2 Å². The number of benzene rings is 1. The van der Waals surface area contributed by atoms with E-state index >= 15 is 0 Å². The molecule has 0 bridgehead atoms. The fourth-order valence-corrected chi connectivity index (χ4v) is 6.03. The molecule has 2 fully saturated rings. The number of rotatable bonds is 7. The minimum atomic E-state index is -3.48. The van der Waals surface area contributed by atoms with Crippen molar-refractivity contribution in [1.29, 1.82) is 0 Å². The van der Waals surface area contributed by atoms with Crippen LogP contribution in [-0.2, 0) is 14.8 Å². The Morgan fingerprint density at radius 2 is 1.61 bits per heavy atom. The van der Waals surface area contributed by atoms with Gasteiger partial charge in [0.25, 0.3) is 0 Å². The van der Waals surface area contributed by atoms with Crippen molar-refractivity contribution < 1.29 is 13.2 Å². The summed E-state index contributed by atoms with van der Waals surface area (Å²) in [4.78, 5) is 19.1. The molecule has 0 unspecified atom stereocenters. The van der Waals surface area contributed by atoms with Crippen LogP contribution in [0.4, 0.5) is 11.4 Å². The zero-order chi connectivity index (χ0) is 21.7. The molecule has 2 aliphatic rings. The largest absolute Gasteiger partial charge is 0.372 e. The van der Waals surface area contributed by atoms with Gasteiger partial charge in [0, 0.05) is 43.8 Å². The van der Waals surface area contributed by atoms with Crippen LogP contribution in [0.25, 0.3) is 0 Å². The zero-order valence-electron chi connectivity index (χ0n) is 17.5. The van der Waals surface area contributed by atoms with E-state index in [0.29, 0.717) is 18.1 Å². The van der Waals surface area contributed by atoms with Crippen LogP contribution >= 0.6 is 11.8 Å². The number of carbonyl (C=O) groups is 1. The van der Waals surface area contributed by atoms with Crippen LogP contribution in [0.15, 0.2) is 52.5 Å². The van der Waals surface area contributed by atoms with Gasteiger partial charge in [-0.3, -0.25) is 4.79 Å². The highest BCUT2D eigenvalue weighted by Crippen LogP contribution is 2.24. The first-order chi connectivity index (χ1) is 15.0. The lowest BCUT2D eigenvalue weighted by Gasteiger charge is -2.25. The number of hydrogen-bond donors (Lipinski definition) is 1. The van der Waals surface area contributed by atoms with Crippen LogP contribution in [0.5, 0.6) is 0 Å². The van der Waals surface area contributed by atoms with E-state index < -0.39 is 10.0 Å². The number of sulfonamides is 1. The molecule has 2 aliphatic heterocycles. The fourth-order valence-electron chi connectivity index (χ4n) is 3.93. The lowest BCUT2D eigenvalue weighted by atomic mass is 10.2. The number of piperidine rings is 1. The summed E-state index contributed by atoms with van der Waals surface area (Å²) in [6.45, 7) is 3.32. The molecule has 0 saturated carbocycles. The average molecular weight is 461 g/mol. The summed E-state index contributed by atoms with van der Waals surface area (Å²) in [5.74, 6) is 0.0878. The van der Waals surface area contributed by atoms with Crippen molar-refractivity contribution in [3.05, 3.63) is 42.6 Å². The van der Waals surface area contributed by atoms with Gasteiger partial charge in [-0.1, -0.05) is 18.2 Å². The zero-order valence-corrected chi connectivity index (χ0v) is 19.1. The van der Waals surface area contributed by atoms with E-state index in [1.54, 1.807) is 12.1 Å². The second-order valence-electron chi connectivity index (χ2n) is 7.87. The molecule has 2 saturated heterocycles. The number of aromatic nitrogens is 1. The maximum Gasteiger partial charge on any atom is 0.244 e. The molecule has 2 aromatic rings. The molecule has 1 aromatic heterocycles. The van der Waals surface area contributed by atoms with Crippen molar-refractivity contribution >= 4 is 39.1 Å². The summed E-state index contributed by atoms with van der Waals surface area (Å²) in [6, 6.07) is 11.2. The first kappa shape index (κ1) is 22.1. The lowest BCUT2D eigenvalue weighted by Crippen LogP contribution is -2.35. The van der Waals surface area contributed by atoms with Gasteiger partial charge in [-0.05, 0) is 62.1 Å². The molecule has 0 spiro atoms. The number of thioether (sulfide) groups is 1. The Labute approximate surface area is 188 Å². The summed E-state index contributed by atoms with van der Waals surface area (Å²) in [5, 5.41) is 3.52. The highest BCUT2D eigenvalue weighted by molar-refractivity contribution is 7.99. The number of anilines is 2. The van der Waals surface area contributed by atoms with E-state index in [4.69, 9.17) is 0 Å². The van der Waals surface area contributed by atoms with Crippen LogP contribution in [-0.4, -0.2) is 55.5 Å². The summed E-state index contributed by atoms with van der Waals surface area (Å²) in [6.07, 6.45) is 6.73. The van der Waals surface area contributed by atoms with Gasteiger partial charge < -0.3 is 10.2 Å². The van der Waals surface area contributed by atoms with Gasteiger partial charge in [0.15, 0.2) is 0 Å². The van der Waals surface area contributed by atoms with Gasteiger partial charge in [0.1, 0.15) is 4.90 Å². The highest BCUT2D eigenvalue weighted by Gasteiger charge is 2.26. The highest BCUT2D eigenvalue weighted by atomic mass is 32.2. The smallest absolute Gasteiger partial charge is 0.244 e. The summed E-state index contributed by atoms with van der Waals surface area (Å²) in [5.41, 5.74) is 1.96. The number of amides is 1. The monoisotopic (exact) mass is 460 g/mol. The van der Waals surface area contributed by atoms with E-state index in [2.05, 4.69) is 15.2 Å². The predicted molar refractivity (Wildman–Crippen MR) is 124 cm³/mol. The quantitative estimate of drug-likeness (QED) is 0.636. The molecule has 0 radical (unpaired) electrons. The molecular weight excluding hydrogens is 432 g/mol. The van der Waals surface area contributed by atoms with Gasteiger partial charge in [0.05, 0.1) is 10.8 Å². The standard InChI is InChI=1S/C22H28N4O3S2/c27-21(24-18-6-8-19(9-7-18)25-12-4-5-13-25)17-30-22-11-10-20(16-23-22)31(28,29)26-14-2-1-3-15-26/h6-11,16H,1-5,12-15,17H2,(H,24,27). The Morgan fingerprint density at radius 1 is 0.935 bits per heavy atom. The Balaban J connectivity index is 1.28. The van der Waals surface area contributed by atoms with Crippen LogP contribution in [0, 0.1) is 0 Å². The molecule has 1 N–H and O–H groups in total. The van der Waals surface area contributed by atoms with Crippen molar-refractivity contribution in [3.63, 3.8) is 0 Å². The molecule has 3 heterocycles. The Kier molecular flexibility index (Phi) is 7.14.